The fraction of sp³-hybridized carbons (Fsp3) is 0.267. The van der Waals surface area contributed by atoms with Crippen molar-refractivity contribution in [3.05, 3.63) is 58.4 Å². The van der Waals surface area contributed by atoms with Crippen LogP contribution in [-0.4, -0.2) is 19.9 Å². The highest BCUT2D eigenvalue weighted by molar-refractivity contribution is 7.89. The number of aryl methyl sites for hydroxylation is 2. The highest BCUT2D eigenvalue weighted by atomic mass is 35.5. The van der Waals surface area contributed by atoms with Crippen molar-refractivity contribution in [2.45, 2.75) is 25.2 Å². The van der Waals surface area contributed by atoms with Gasteiger partial charge < -0.3 is 0 Å². The molecular weight excluding hydrogens is 308 g/mol. The topological polar surface area (TPSA) is 59.1 Å². The number of pyridine rings is 1. The lowest BCUT2D eigenvalue weighted by molar-refractivity contribution is 0.580. The molecule has 1 aromatic carbocycles. The van der Waals surface area contributed by atoms with Gasteiger partial charge in [0.2, 0.25) is 10.0 Å². The van der Waals surface area contributed by atoms with Crippen molar-refractivity contribution in [2.75, 3.05) is 6.54 Å². The zero-order chi connectivity index (χ0) is 15.5. The zero-order valence-electron chi connectivity index (χ0n) is 11.9. The van der Waals surface area contributed by atoms with Crippen LogP contribution >= 0.6 is 11.6 Å². The van der Waals surface area contributed by atoms with Gasteiger partial charge in [-0.1, -0.05) is 17.7 Å². The van der Waals surface area contributed by atoms with E-state index in [2.05, 4.69) is 9.71 Å². The van der Waals surface area contributed by atoms with Gasteiger partial charge in [0.1, 0.15) is 0 Å². The van der Waals surface area contributed by atoms with E-state index in [4.69, 9.17) is 11.6 Å². The molecule has 6 heteroatoms. The van der Waals surface area contributed by atoms with E-state index in [0.717, 1.165) is 11.3 Å². The van der Waals surface area contributed by atoms with Crippen molar-refractivity contribution in [2.24, 2.45) is 0 Å². The Balaban J connectivity index is 2.10. The van der Waals surface area contributed by atoms with Gasteiger partial charge in [-0.05, 0) is 49.2 Å². The second-order valence-electron chi connectivity index (χ2n) is 4.84. The second kappa shape index (κ2) is 6.56. The average molecular weight is 325 g/mol. The largest absolute Gasteiger partial charge is 0.261 e. The van der Waals surface area contributed by atoms with Crippen molar-refractivity contribution in [3.8, 4) is 0 Å². The number of aromatic nitrogens is 1. The molecule has 0 aliphatic rings. The first kappa shape index (κ1) is 15.9. The number of rotatable bonds is 5. The minimum Gasteiger partial charge on any atom is -0.261 e. The summed E-state index contributed by atoms with van der Waals surface area (Å²) in [5.74, 6) is 0. The Morgan fingerprint density at radius 2 is 1.95 bits per heavy atom. The molecule has 2 aromatic rings. The predicted molar refractivity (Wildman–Crippen MR) is 84.1 cm³/mol. The van der Waals surface area contributed by atoms with E-state index in [-0.39, 0.29) is 4.90 Å². The van der Waals surface area contributed by atoms with Crippen molar-refractivity contribution >= 4 is 21.6 Å². The minimum atomic E-state index is -3.54. The summed E-state index contributed by atoms with van der Waals surface area (Å²) in [6.45, 7) is 3.83. The van der Waals surface area contributed by atoms with E-state index >= 15 is 0 Å². The zero-order valence-corrected chi connectivity index (χ0v) is 13.5. The Kier molecular flexibility index (Phi) is 4.98. The molecule has 4 nitrogen and oxygen atoms in total. The van der Waals surface area contributed by atoms with E-state index in [1.165, 1.54) is 0 Å². The lowest BCUT2D eigenvalue weighted by Gasteiger charge is -2.11. The van der Waals surface area contributed by atoms with E-state index in [1.54, 1.807) is 32.2 Å². The number of sulfonamides is 1. The molecule has 2 rings (SSSR count). The number of halogens is 1. The van der Waals surface area contributed by atoms with Crippen LogP contribution in [0.15, 0.2) is 41.4 Å². The van der Waals surface area contributed by atoms with Gasteiger partial charge in [0.05, 0.1) is 4.90 Å². The number of hydrogen-bond acceptors (Lipinski definition) is 3. The Hall–Kier alpha value is -1.43. The van der Waals surface area contributed by atoms with Crippen LogP contribution in [-0.2, 0) is 16.4 Å². The molecule has 1 aromatic heterocycles. The van der Waals surface area contributed by atoms with E-state index in [9.17, 15) is 8.42 Å². The molecule has 0 amide bonds. The van der Waals surface area contributed by atoms with Crippen LogP contribution in [0.4, 0.5) is 0 Å². The first-order chi connectivity index (χ1) is 9.90. The molecule has 0 radical (unpaired) electrons. The van der Waals surface area contributed by atoms with Crippen LogP contribution in [0.25, 0.3) is 0 Å². The molecule has 1 heterocycles. The summed E-state index contributed by atoms with van der Waals surface area (Å²) in [4.78, 5) is 4.43. The van der Waals surface area contributed by atoms with Gasteiger partial charge in [-0.25, -0.2) is 13.1 Å². The first-order valence-electron chi connectivity index (χ1n) is 6.56. The van der Waals surface area contributed by atoms with Crippen LogP contribution < -0.4 is 4.72 Å². The summed E-state index contributed by atoms with van der Waals surface area (Å²) < 4.78 is 27.3. The molecule has 0 spiro atoms. The molecule has 0 saturated heterocycles. The molecule has 0 aliphatic heterocycles. The molecule has 1 N–H and O–H groups in total. The first-order valence-corrected chi connectivity index (χ1v) is 8.42. The monoisotopic (exact) mass is 324 g/mol. The van der Waals surface area contributed by atoms with Crippen molar-refractivity contribution < 1.29 is 8.42 Å². The van der Waals surface area contributed by atoms with E-state index < -0.39 is 10.0 Å². The van der Waals surface area contributed by atoms with Gasteiger partial charge in [0, 0.05) is 29.9 Å². The average Bonchev–Trinajstić information content (AvgIpc) is 2.43. The molecule has 0 saturated carbocycles. The summed E-state index contributed by atoms with van der Waals surface area (Å²) in [6.07, 6.45) is 2.24. The van der Waals surface area contributed by atoms with Gasteiger partial charge in [0.25, 0.3) is 0 Å². The van der Waals surface area contributed by atoms with Crippen LogP contribution in [0.1, 0.15) is 16.8 Å². The van der Waals surface area contributed by atoms with Crippen LogP contribution in [0.5, 0.6) is 0 Å². The highest BCUT2D eigenvalue weighted by Gasteiger charge is 2.17. The van der Waals surface area contributed by atoms with E-state index in [1.807, 2.05) is 18.2 Å². The van der Waals surface area contributed by atoms with Gasteiger partial charge in [0.15, 0.2) is 0 Å². The second-order valence-corrected chi connectivity index (χ2v) is 6.98. The van der Waals surface area contributed by atoms with Gasteiger partial charge in [-0.2, -0.15) is 0 Å². The number of nitrogens with zero attached hydrogens (tertiary/aromatic N) is 1. The number of benzene rings is 1. The summed E-state index contributed by atoms with van der Waals surface area (Å²) in [5, 5.41) is 0.569. The fourth-order valence-corrected chi connectivity index (χ4v) is 3.54. The number of nitrogens with one attached hydrogen (secondary N) is 1. The summed E-state index contributed by atoms with van der Waals surface area (Å²) in [5.41, 5.74) is 2.23. The molecule has 0 atom stereocenters. The Labute approximate surface area is 130 Å². The van der Waals surface area contributed by atoms with Crippen LogP contribution in [0, 0.1) is 13.8 Å². The van der Waals surface area contributed by atoms with Gasteiger partial charge in [-0.15, -0.1) is 0 Å². The quantitative estimate of drug-likeness (QED) is 0.920. The predicted octanol–water partition coefficient (Wildman–Crippen LogP) is 2.87. The molecule has 0 bridgehead atoms. The highest BCUT2D eigenvalue weighted by Crippen LogP contribution is 2.23. The third-order valence-corrected chi connectivity index (χ3v) is 5.16. The number of hydrogen-bond donors (Lipinski definition) is 1. The lowest BCUT2D eigenvalue weighted by Crippen LogP contribution is -2.27. The van der Waals surface area contributed by atoms with Gasteiger partial charge in [-0.3, -0.25) is 4.98 Å². The minimum absolute atomic E-state index is 0.269. The van der Waals surface area contributed by atoms with Gasteiger partial charge >= 0.3 is 0 Å². The summed E-state index contributed by atoms with van der Waals surface area (Å²) >= 11 is 6.00. The molecule has 21 heavy (non-hydrogen) atoms. The molecular formula is C15H17ClN2O2S. The Morgan fingerprint density at radius 1 is 1.19 bits per heavy atom. The molecule has 0 fully saturated rings. The molecule has 0 unspecified atom stereocenters. The standard InChI is InChI=1S/C15H17ClN2O2S/c1-11-10-15(12(2)9-14(11)16)21(19,20)18-8-6-13-5-3-4-7-17-13/h3-5,7,9-10,18H,6,8H2,1-2H3. The Bertz CT molecular complexity index is 731. The normalized spacial score (nSPS) is 11.6. The maximum absolute atomic E-state index is 12.3. The van der Waals surface area contributed by atoms with E-state index in [0.29, 0.717) is 23.6 Å². The summed E-state index contributed by atoms with van der Waals surface area (Å²) in [6, 6.07) is 8.84. The SMILES string of the molecule is Cc1cc(S(=O)(=O)NCCc2ccccn2)c(C)cc1Cl. The fourth-order valence-electron chi connectivity index (χ4n) is 1.98. The van der Waals surface area contributed by atoms with Crippen molar-refractivity contribution in [3.63, 3.8) is 0 Å². The Morgan fingerprint density at radius 3 is 2.62 bits per heavy atom. The maximum Gasteiger partial charge on any atom is 0.240 e. The molecule has 0 aliphatic carbocycles. The van der Waals surface area contributed by atoms with Crippen LogP contribution in [0.3, 0.4) is 0 Å². The lowest BCUT2D eigenvalue weighted by atomic mass is 10.2. The molecule has 112 valence electrons. The van der Waals surface area contributed by atoms with Crippen LogP contribution in [0.2, 0.25) is 5.02 Å². The smallest absolute Gasteiger partial charge is 0.240 e. The maximum atomic E-state index is 12.3. The van der Waals surface area contributed by atoms with Crippen molar-refractivity contribution in [1.29, 1.82) is 0 Å². The third-order valence-electron chi connectivity index (χ3n) is 3.15. The van der Waals surface area contributed by atoms with Crippen molar-refractivity contribution in [1.82, 2.24) is 9.71 Å². The summed E-state index contributed by atoms with van der Waals surface area (Å²) in [7, 11) is -3.54. The third kappa shape index (κ3) is 4.03.